The first-order valence-corrected chi connectivity index (χ1v) is 8.21. The third-order valence-corrected chi connectivity index (χ3v) is 5.20. The maximum atomic E-state index is 6.30. The van der Waals surface area contributed by atoms with Crippen LogP contribution >= 0.6 is 0 Å². The lowest BCUT2D eigenvalue weighted by molar-refractivity contribution is -0.155. The molecule has 0 aromatic rings. The highest BCUT2D eigenvalue weighted by molar-refractivity contribution is 6.11. The van der Waals surface area contributed by atoms with E-state index < -0.39 is 0 Å². The van der Waals surface area contributed by atoms with Gasteiger partial charge in [0, 0.05) is 6.04 Å². The first-order chi connectivity index (χ1) is 9.14. The molecule has 1 aliphatic carbocycles. The third kappa shape index (κ3) is 3.36. The maximum Gasteiger partial charge on any atom is 0.0704 e. The maximum absolute atomic E-state index is 6.30. The fourth-order valence-electron chi connectivity index (χ4n) is 3.68. The lowest BCUT2D eigenvalue weighted by Gasteiger charge is -2.54. The third-order valence-electron chi connectivity index (χ3n) is 5.20. The van der Waals surface area contributed by atoms with Crippen LogP contribution in [0.3, 0.4) is 0 Å². The van der Waals surface area contributed by atoms with Crippen LogP contribution in [0.15, 0.2) is 0 Å². The van der Waals surface area contributed by atoms with Gasteiger partial charge in [0.15, 0.2) is 0 Å². The van der Waals surface area contributed by atoms with E-state index in [1.165, 1.54) is 32.1 Å². The molecule has 19 heavy (non-hydrogen) atoms. The molecule has 3 unspecified atom stereocenters. The fraction of sp³-hybridized carbons (Fsp3) is 1.00. The van der Waals surface area contributed by atoms with Crippen molar-refractivity contribution < 1.29 is 4.74 Å². The lowest BCUT2D eigenvalue weighted by atomic mass is 9.64. The van der Waals surface area contributed by atoms with Gasteiger partial charge in [-0.05, 0) is 25.8 Å². The topological polar surface area (TPSA) is 12.5 Å². The predicted octanol–water partition coefficient (Wildman–Crippen LogP) is 3.66. The van der Waals surface area contributed by atoms with Crippen LogP contribution in [-0.4, -0.2) is 44.6 Å². The monoisotopic (exact) mass is 265 g/mol. The highest BCUT2D eigenvalue weighted by Crippen LogP contribution is 2.41. The summed E-state index contributed by atoms with van der Waals surface area (Å²) >= 11 is 0. The van der Waals surface area contributed by atoms with Crippen LogP contribution < -0.4 is 0 Å². The van der Waals surface area contributed by atoms with Gasteiger partial charge in [0.2, 0.25) is 0 Å². The minimum Gasteiger partial charge on any atom is -0.377 e. The Hall–Kier alpha value is -0.0151. The SMILES string of the molecule is CC.[B]C1CCCC(N(C)C2(CC)COC2)C1CC. The van der Waals surface area contributed by atoms with Crippen molar-refractivity contribution >= 4 is 7.85 Å². The Morgan fingerprint density at radius 1 is 1.21 bits per heavy atom. The molecule has 2 aliphatic rings. The molecular weight excluding hydrogens is 233 g/mol. The first kappa shape index (κ1) is 17.0. The van der Waals surface area contributed by atoms with Crippen molar-refractivity contribution in [2.24, 2.45) is 5.92 Å². The molecule has 1 saturated carbocycles. The second-order valence-corrected chi connectivity index (χ2v) is 5.92. The van der Waals surface area contributed by atoms with Crippen molar-refractivity contribution in [3.05, 3.63) is 0 Å². The molecule has 0 aromatic carbocycles. The van der Waals surface area contributed by atoms with Crippen LogP contribution in [0.2, 0.25) is 5.82 Å². The zero-order valence-electron chi connectivity index (χ0n) is 13.6. The van der Waals surface area contributed by atoms with Gasteiger partial charge in [-0.3, -0.25) is 4.90 Å². The summed E-state index contributed by atoms with van der Waals surface area (Å²) in [5.41, 5.74) is 0.301. The number of hydrogen-bond donors (Lipinski definition) is 0. The summed E-state index contributed by atoms with van der Waals surface area (Å²) in [7, 11) is 8.59. The van der Waals surface area contributed by atoms with Crippen molar-refractivity contribution in [3.8, 4) is 0 Å². The van der Waals surface area contributed by atoms with E-state index in [4.69, 9.17) is 12.6 Å². The van der Waals surface area contributed by atoms with Crippen LogP contribution in [0.1, 0.15) is 59.8 Å². The van der Waals surface area contributed by atoms with Gasteiger partial charge in [-0.15, -0.1) is 0 Å². The number of ether oxygens (including phenoxy) is 1. The molecule has 2 radical (unpaired) electrons. The van der Waals surface area contributed by atoms with E-state index in [2.05, 4.69) is 25.8 Å². The van der Waals surface area contributed by atoms with Gasteiger partial charge in [0.05, 0.1) is 26.6 Å². The molecule has 3 heteroatoms. The Labute approximate surface area is 121 Å². The number of nitrogens with zero attached hydrogens (tertiary/aromatic N) is 1. The second-order valence-electron chi connectivity index (χ2n) is 5.92. The molecule has 0 N–H and O–H groups in total. The minimum atomic E-state index is 0.301. The van der Waals surface area contributed by atoms with Crippen molar-refractivity contribution in [1.29, 1.82) is 0 Å². The Bertz CT molecular complexity index is 250. The number of rotatable bonds is 4. The molecule has 0 aromatic heterocycles. The van der Waals surface area contributed by atoms with E-state index in [1.807, 2.05) is 13.8 Å². The minimum absolute atomic E-state index is 0.301. The highest BCUT2D eigenvalue weighted by Gasteiger charge is 2.45. The molecule has 110 valence electrons. The smallest absolute Gasteiger partial charge is 0.0704 e. The van der Waals surface area contributed by atoms with Gasteiger partial charge in [0.1, 0.15) is 0 Å². The largest absolute Gasteiger partial charge is 0.377 e. The normalized spacial score (nSPS) is 33.3. The Balaban J connectivity index is 0.000000861. The van der Waals surface area contributed by atoms with Crippen molar-refractivity contribution in [2.45, 2.75) is 77.2 Å². The molecule has 2 fully saturated rings. The zero-order valence-corrected chi connectivity index (χ0v) is 13.6. The van der Waals surface area contributed by atoms with E-state index in [1.54, 1.807) is 0 Å². The summed E-state index contributed by atoms with van der Waals surface area (Å²) in [4.78, 5) is 2.60. The molecule has 0 amide bonds. The average Bonchev–Trinajstić information content (AvgIpc) is 2.40. The Morgan fingerprint density at radius 3 is 2.26 bits per heavy atom. The molecule has 0 bridgehead atoms. The molecule has 1 saturated heterocycles. The quantitative estimate of drug-likeness (QED) is 0.719. The Morgan fingerprint density at radius 2 is 1.84 bits per heavy atom. The zero-order chi connectivity index (χ0) is 14.5. The van der Waals surface area contributed by atoms with Gasteiger partial charge in [-0.2, -0.15) is 0 Å². The molecule has 2 rings (SSSR count). The standard InChI is InChI=1S/C14H26BNO.C2H6/c1-4-11-12(15)7-6-8-13(11)16(3)14(5-2)9-17-10-14;1-2/h11-13H,4-10H2,1-3H3;1-2H3. The number of hydrogen-bond acceptors (Lipinski definition) is 2. The van der Waals surface area contributed by atoms with Gasteiger partial charge < -0.3 is 4.74 Å². The summed E-state index contributed by atoms with van der Waals surface area (Å²) in [6.07, 6.45) is 6.19. The predicted molar refractivity (Wildman–Crippen MR) is 83.9 cm³/mol. The van der Waals surface area contributed by atoms with E-state index in [0.717, 1.165) is 13.2 Å². The van der Waals surface area contributed by atoms with Gasteiger partial charge in [-0.1, -0.05) is 52.8 Å². The number of likely N-dealkylation sites (N-methyl/N-ethyl adjacent to an activating group) is 1. The summed E-state index contributed by atoms with van der Waals surface area (Å²) in [6, 6.07) is 0.660. The highest BCUT2D eigenvalue weighted by atomic mass is 16.5. The van der Waals surface area contributed by atoms with Gasteiger partial charge >= 0.3 is 0 Å². The van der Waals surface area contributed by atoms with E-state index in [-0.39, 0.29) is 0 Å². The summed E-state index contributed by atoms with van der Waals surface area (Å²) < 4.78 is 5.46. The average molecular weight is 265 g/mol. The van der Waals surface area contributed by atoms with Gasteiger partial charge in [0.25, 0.3) is 0 Å². The molecule has 3 atom stereocenters. The van der Waals surface area contributed by atoms with Gasteiger partial charge in [-0.25, -0.2) is 0 Å². The molecular formula is C16H32BNO. The first-order valence-electron chi connectivity index (χ1n) is 8.21. The van der Waals surface area contributed by atoms with E-state index >= 15 is 0 Å². The summed E-state index contributed by atoms with van der Waals surface area (Å²) in [5, 5.41) is 0. The fourth-order valence-corrected chi connectivity index (χ4v) is 3.68. The molecule has 1 aliphatic heterocycles. The molecule has 0 spiro atoms. The van der Waals surface area contributed by atoms with Crippen LogP contribution in [0.25, 0.3) is 0 Å². The van der Waals surface area contributed by atoms with E-state index in [9.17, 15) is 0 Å². The summed E-state index contributed by atoms with van der Waals surface area (Å²) in [6.45, 7) is 10.4. The van der Waals surface area contributed by atoms with Crippen molar-refractivity contribution in [3.63, 3.8) is 0 Å². The molecule has 2 nitrogen and oxygen atoms in total. The van der Waals surface area contributed by atoms with E-state index in [0.29, 0.717) is 23.3 Å². The van der Waals surface area contributed by atoms with Crippen LogP contribution in [-0.2, 0) is 4.74 Å². The Kier molecular flexibility index (Phi) is 6.89. The van der Waals surface area contributed by atoms with Crippen LogP contribution in [0.5, 0.6) is 0 Å². The summed E-state index contributed by atoms with van der Waals surface area (Å²) in [5.74, 6) is 1.06. The van der Waals surface area contributed by atoms with Crippen molar-refractivity contribution in [1.82, 2.24) is 4.90 Å². The molecule has 1 heterocycles. The van der Waals surface area contributed by atoms with Crippen molar-refractivity contribution in [2.75, 3.05) is 20.3 Å². The second kappa shape index (κ2) is 7.68. The lowest BCUT2D eigenvalue weighted by Crippen LogP contribution is -2.64. The van der Waals surface area contributed by atoms with Crippen LogP contribution in [0, 0.1) is 5.92 Å². The van der Waals surface area contributed by atoms with Crippen LogP contribution in [0.4, 0.5) is 0 Å².